The van der Waals surface area contributed by atoms with Gasteiger partial charge in [-0.3, -0.25) is 4.79 Å². The Morgan fingerprint density at radius 3 is 2.87 bits per heavy atom. The van der Waals surface area contributed by atoms with Gasteiger partial charge in [0.2, 0.25) is 11.1 Å². The second-order valence-corrected chi connectivity index (χ2v) is 8.38. The maximum absolute atomic E-state index is 12.3. The third kappa shape index (κ3) is 4.02. The Balaban J connectivity index is 1.36. The average molecular weight is 450 g/mol. The van der Waals surface area contributed by atoms with E-state index in [1.54, 1.807) is 22.9 Å². The van der Waals surface area contributed by atoms with E-state index < -0.39 is 0 Å². The van der Waals surface area contributed by atoms with Crippen molar-refractivity contribution in [3.63, 3.8) is 0 Å². The molecular formula is C19H15N9OS2. The molecule has 0 saturated carbocycles. The van der Waals surface area contributed by atoms with Crippen molar-refractivity contribution in [2.75, 3.05) is 11.1 Å². The fourth-order valence-electron chi connectivity index (χ4n) is 2.93. The first-order chi connectivity index (χ1) is 15.2. The number of rotatable bonds is 6. The Morgan fingerprint density at radius 1 is 1.13 bits per heavy atom. The molecule has 5 aromatic rings. The van der Waals surface area contributed by atoms with E-state index in [-0.39, 0.29) is 11.7 Å². The largest absolute Gasteiger partial charge is 0.325 e. The predicted molar refractivity (Wildman–Crippen MR) is 118 cm³/mol. The second kappa shape index (κ2) is 8.24. The fraction of sp³-hybridized carbons (Fsp3) is 0.105. The van der Waals surface area contributed by atoms with Gasteiger partial charge in [-0.2, -0.15) is 9.61 Å². The van der Waals surface area contributed by atoms with Crippen molar-refractivity contribution in [3.8, 4) is 22.0 Å². The first kappa shape index (κ1) is 19.3. The maximum atomic E-state index is 12.3. The average Bonchev–Trinajstić information content (AvgIpc) is 3.53. The van der Waals surface area contributed by atoms with Crippen LogP contribution in [0, 0.1) is 0 Å². The quantitative estimate of drug-likeness (QED) is 0.394. The highest BCUT2D eigenvalue weighted by Gasteiger charge is 2.12. The Hall–Kier alpha value is -3.64. The minimum absolute atomic E-state index is 0.146. The van der Waals surface area contributed by atoms with Gasteiger partial charge in [0.15, 0.2) is 11.5 Å². The SMILES string of the molecule is Cn1nnnc1SCC(=O)Nc1cccc(-c2ccc3nnc(-c4cccs4)n3n2)c1. The highest BCUT2D eigenvalue weighted by molar-refractivity contribution is 7.99. The van der Waals surface area contributed by atoms with E-state index in [9.17, 15) is 4.79 Å². The van der Waals surface area contributed by atoms with Gasteiger partial charge < -0.3 is 5.32 Å². The van der Waals surface area contributed by atoms with Gasteiger partial charge in [-0.05, 0) is 46.1 Å². The lowest BCUT2D eigenvalue weighted by atomic mass is 10.1. The van der Waals surface area contributed by atoms with Crippen molar-refractivity contribution in [2.45, 2.75) is 5.16 Å². The number of hydrogen-bond donors (Lipinski definition) is 1. The number of benzene rings is 1. The molecule has 0 bridgehead atoms. The smallest absolute Gasteiger partial charge is 0.234 e. The van der Waals surface area contributed by atoms with Crippen molar-refractivity contribution in [1.29, 1.82) is 0 Å². The van der Waals surface area contributed by atoms with Crippen LogP contribution in [0.4, 0.5) is 5.69 Å². The summed E-state index contributed by atoms with van der Waals surface area (Å²) in [6.45, 7) is 0. The fourth-order valence-corrected chi connectivity index (χ4v) is 4.27. The second-order valence-electron chi connectivity index (χ2n) is 6.49. The maximum Gasteiger partial charge on any atom is 0.234 e. The number of aromatic nitrogens is 8. The number of nitrogens with zero attached hydrogens (tertiary/aromatic N) is 8. The Bertz CT molecular complexity index is 1360. The summed E-state index contributed by atoms with van der Waals surface area (Å²) in [6, 6.07) is 15.3. The van der Waals surface area contributed by atoms with Crippen molar-refractivity contribution in [2.24, 2.45) is 7.05 Å². The number of nitrogens with one attached hydrogen (secondary N) is 1. The topological polar surface area (TPSA) is 116 Å². The zero-order valence-electron chi connectivity index (χ0n) is 16.2. The van der Waals surface area contributed by atoms with E-state index >= 15 is 0 Å². The summed E-state index contributed by atoms with van der Waals surface area (Å²) in [4.78, 5) is 13.3. The molecule has 0 aliphatic carbocycles. The monoisotopic (exact) mass is 449 g/mol. The standard InChI is InChI=1S/C19H15N9OS2/c1-27-19(23-25-26-27)31-11-17(29)20-13-5-2-4-12(10-13)14-7-8-16-21-22-18(28(16)24-14)15-6-3-9-30-15/h2-10H,11H2,1H3,(H,20,29). The number of thiophene rings is 1. The van der Waals surface area contributed by atoms with Crippen LogP contribution in [-0.2, 0) is 11.8 Å². The molecule has 4 heterocycles. The number of aryl methyl sites for hydroxylation is 1. The van der Waals surface area contributed by atoms with Crippen molar-refractivity contribution >= 4 is 40.3 Å². The minimum atomic E-state index is -0.146. The molecule has 5 rings (SSSR count). The number of thioether (sulfide) groups is 1. The highest BCUT2D eigenvalue weighted by Crippen LogP contribution is 2.25. The van der Waals surface area contributed by atoms with Crippen LogP contribution in [0.15, 0.2) is 59.1 Å². The van der Waals surface area contributed by atoms with Crippen molar-refractivity contribution < 1.29 is 4.79 Å². The van der Waals surface area contributed by atoms with Crippen LogP contribution >= 0.6 is 23.1 Å². The Labute approximate surface area is 184 Å². The molecule has 0 atom stereocenters. The van der Waals surface area contributed by atoms with E-state index in [1.807, 2.05) is 53.9 Å². The summed E-state index contributed by atoms with van der Waals surface area (Å²) in [5.41, 5.74) is 2.98. The summed E-state index contributed by atoms with van der Waals surface area (Å²) in [7, 11) is 1.73. The van der Waals surface area contributed by atoms with E-state index in [4.69, 9.17) is 5.10 Å². The van der Waals surface area contributed by atoms with E-state index in [1.165, 1.54) is 16.4 Å². The zero-order chi connectivity index (χ0) is 21.2. The lowest BCUT2D eigenvalue weighted by molar-refractivity contribution is -0.113. The zero-order valence-corrected chi connectivity index (χ0v) is 17.8. The Kier molecular flexibility index (Phi) is 5.14. The van der Waals surface area contributed by atoms with Crippen LogP contribution in [0.25, 0.3) is 27.6 Å². The highest BCUT2D eigenvalue weighted by atomic mass is 32.2. The molecule has 12 heteroatoms. The first-order valence-electron chi connectivity index (χ1n) is 9.19. The van der Waals surface area contributed by atoms with Crippen LogP contribution < -0.4 is 5.32 Å². The molecule has 1 amide bonds. The van der Waals surface area contributed by atoms with Gasteiger partial charge in [0.1, 0.15) is 0 Å². The minimum Gasteiger partial charge on any atom is -0.325 e. The lowest BCUT2D eigenvalue weighted by Crippen LogP contribution is -2.14. The molecule has 10 nitrogen and oxygen atoms in total. The van der Waals surface area contributed by atoms with Gasteiger partial charge in [-0.15, -0.1) is 26.6 Å². The van der Waals surface area contributed by atoms with Crippen LogP contribution in [0.5, 0.6) is 0 Å². The van der Waals surface area contributed by atoms with E-state index in [0.717, 1.165) is 16.1 Å². The number of amides is 1. The molecule has 0 saturated heterocycles. The number of carbonyl (C=O) groups is 1. The van der Waals surface area contributed by atoms with Crippen LogP contribution in [0.1, 0.15) is 0 Å². The summed E-state index contributed by atoms with van der Waals surface area (Å²) < 4.78 is 3.26. The summed E-state index contributed by atoms with van der Waals surface area (Å²) >= 11 is 2.85. The molecular weight excluding hydrogens is 434 g/mol. The Morgan fingerprint density at radius 2 is 2.06 bits per heavy atom. The molecule has 0 radical (unpaired) electrons. The number of carbonyl (C=O) groups excluding carboxylic acids is 1. The van der Waals surface area contributed by atoms with E-state index in [2.05, 4.69) is 31.0 Å². The lowest BCUT2D eigenvalue weighted by Gasteiger charge is -2.07. The van der Waals surface area contributed by atoms with Gasteiger partial charge in [0, 0.05) is 18.3 Å². The normalized spacial score (nSPS) is 11.1. The van der Waals surface area contributed by atoms with Crippen LogP contribution in [0.3, 0.4) is 0 Å². The summed E-state index contributed by atoms with van der Waals surface area (Å²) in [5, 5.41) is 29.8. The molecule has 0 aliphatic rings. The van der Waals surface area contributed by atoms with Gasteiger partial charge >= 0.3 is 0 Å². The first-order valence-corrected chi connectivity index (χ1v) is 11.1. The third-order valence-corrected chi connectivity index (χ3v) is 6.24. The van der Waals surface area contributed by atoms with E-state index in [0.29, 0.717) is 22.3 Å². The van der Waals surface area contributed by atoms with Crippen molar-refractivity contribution in [1.82, 2.24) is 40.0 Å². The molecule has 1 N–H and O–H groups in total. The number of hydrogen-bond acceptors (Lipinski definition) is 9. The molecule has 0 aliphatic heterocycles. The number of anilines is 1. The predicted octanol–water partition coefficient (Wildman–Crippen LogP) is 2.77. The molecule has 1 aromatic carbocycles. The van der Waals surface area contributed by atoms with Gasteiger partial charge in [0.25, 0.3) is 0 Å². The molecule has 0 unspecified atom stereocenters. The summed E-state index contributed by atoms with van der Waals surface area (Å²) in [6.07, 6.45) is 0. The van der Waals surface area contributed by atoms with Gasteiger partial charge in [0.05, 0.1) is 16.3 Å². The van der Waals surface area contributed by atoms with Gasteiger partial charge in [-0.25, -0.2) is 4.68 Å². The van der Waals surface area contributed by atoms with Crippen molar-refractivity contribution in [3.05, 3.63) is 53.9 Å². The number of fused-ring (bicyclic) bond motifs is 1. The molecule has 0 fully saturated rings. The van der Waals surface area contributed by atoms with Crippen LogP contribution in [0.2, 0.25) is 0 Å². The molecule has 154 valence electrons. The van der Waals surface area contributed by atoms with Gasteiger partial charge in [-0.1, -0.05) is 30.0 Å². The third-order valence-electron chi connectivity index (χ3n) is 4.36. The van der Waals surface area contributed by atoms with Crippen LogP contribution in [-0.4, -0.2) is 51.7 Å². The molecule has 4 aromatic heterocycles. The number of tetrazole rings is 1. The molecule has 0 spiro atoms. The summed E-state index contributed by atoms with van der Waals surface area (Å²) in [5.74, 6) is 0.756. The molecule has 31 heavy (non-hydrogen) atoms.